The Kier molecular flexibility index (Phi) is 1.97. The summed E-state index contributed by atoms with van der Waals surface area (Å²) < 4.78 is 0. The van der Waals surface area contributed by atoms with Gasteiger partial charge in [-0.2, -0.15) is 0 Å². The summed E-state index contributed by atoms with van der Waals surface area (Å²) >= 11 is 1.61. The van der Waals surface area contributed by atoms with Gasteiger partial charge in [0.15, 0.2) is 0 Å². The highest BCUT2D eigenvalue weighted by molar-refractivity contribution is 7.09. The number of hydrogen-bond donors (Lipinski definition) is 3. The Morgan fingerprint density at radius 3 is 2.73 bits per heavy atom. The second-order valence-corrected chi connectivity index (χ2v) is 4.85. The highest BCUT2D eigenvalue weighted by Crippen LogP contribution is 2.37. The first-order valence-electron chi connectivity index (χ1n) is 5.17. The lowest BCUT2D eigenvalue weighted by Crippen LogP contribution is -2.57. The second kappa shape index (κ2) is 3.21. The molecule has 0 aromatic carbocycles. The minimum absolute atomic E-state index is 0.120. The first-order valence-corrected chi connectivity index (χ1v) is 6.11. The summed E-state index contributed by atoms with van der Waals surface area (Å²) in [6.45, 7) is 1.81. The van der Waals surface area contributed by atoms with Crippen molar-refractivity contribution in [2.45, 2.75) is 18.4 Å². The molecule has 0 saturated carbocycles. The van der Waals surface area contributed by atoms with Gasteiger partial charge in [0, 0.05) is 10.8 Å². The van der Waals surface area contributed by atoms with E-state index in [9.17, 15) is 4.79 Å². The second-order valence-electron chi connectivity index (χ2n) is 4.11. The maximum atomic E-state index is 12.0. The first-order chi connectivity index (χ1) is 7.30. The number of piperidine rings is 1. The van der Waals surface area contributed by atoms with Gasteiger partial charge < -0.3 is 16.0 Å². The Balaban J connectivity index is 1.95. The highest BCUT2D eigenvalue weighted by Gasteiger charge is 2.42. The van der Waals surface area contributed by atoms with Crippen molar-refractivity contribution < 1.29 is 4.79 Å². The van der Waals surface area contributed by atoms with Gasteiger partial charge in [-0.15, -0.1) is 11.3 Å². The van der Waals surface area contributed by atoms with Crippen molar-refractivity contribution in [3.8, 4) is 0 Å². The van der Waals surface area contributed by atoms with E-state index in [0.717, 1.165) is 37.3 Å². The van der Waals surface area contributed by atoms with E-state index in [1.807, 2.05) is 5.38 Å². The predicted molar refractivity (Wildman–Crippen MR) is 61.4 cm³/mol. The Labute approximate surface area is 92.1 Å². The number of anilines is 2. The molecule has 1 saturated heterocycles. The number of nitrogens with one attached hydrogen (secondary N) is 3. The Bertz CT molecular complexity index is 395. The van der Waals surface area contributed by atoms with Gasteiger partial charge in [-0.3, -0.25) is 4.79 Å². The topological polar surface area (TPSA) is 53.2 Å². The molecule has 3 N–H and O–H groups in total. The molecule has 0 aliphatic carbocycles. The van der Waals surface area contributed by atoms with Gasteiger partial charge in [0.25, 0.3) is 0 Å². The van der Waals surface area contributed by atoms with Crippen LogP contribution in [0.5, 0.6) is 0 Å². The van der Waals surface area contributed by atoms with Crippen LogP contribution in [0.25, 0.3) is 0 Å². The maximum absolute atomic E-state index is 12.0. The fourth-order valence-electron chi connectivity index (χ4n) is 2.25. The van der Waals surface area contributed by atoms with Gasteiger partial charge in [-0.1, -0.05) is 0 Å². The molecule has 0 atom stereocenters. The van der Waals surface area contributed by atoms with Gasteiger partial charge in [-0.05, 0) is 25.9 Å². The summed E-state index contributed by atoms with van der Waals surface area (Å²) in [6.07, 6.45) is 1.71. The summed E-state index contributed by atoms with van der Waals surface area (Å²) in [5, 5.41) is 13.7. The van der Waals surface area contributed by atoms with E-state index in [1.165, 1.54) is 0 Å². The summed E-state index contributed by atoms with van der Waals surface area (Å²) in [7, 11) is 0. The average Bonchev–Trinajstić information content (AvgIpc) is 2.67. The number of thiophene rings is 1. The molecule has 2 aliphatic heterocycles. The van der Waals surface area contributed by atoms with Crippen LogP contribution in [0, 0.1) is 0 Å². The molecule has 1 aromatic rings. The van der Waals surface area contributed by atoms with E-state index in [-0.39, 0.29) is 11.4 Å². The molecule has 3 rings (SSSR count). The predicted octanol–water partition coefficient (Wildman–Crippen LogP) is 1.23. The van der Waals surface area contributed by atoms with Gasteiger partial charge in [0.1, 0.15) is 5.54 Å². The lowest BCUT2D eigenvalue weighted by Gasteiger charge is -2.40. The van der Waals surface area contributed by atoms with Crippen LogP contribution in [0.15, 0.2) is 10.8 Å². The normalized spacial score (nSPS) is 23.1. The monoisotopic (exact) mass is 223 g/mol. The SMILES string of the molecule is O=C1Nc2cscc2NC12CCNCC2. The van der Waals surface area contributed by atoms with Crippen LogP contribution in [-0.4, -0.2) is 24.5 Å². The lowest BCUT2D eigenvalue weighted by atomic mass is 9.85. The Morgan fingerprint density at radius 1 is 1.20 bits per heavy atom. The molecule has 3 heterocycles. The minimum Gasteiger partial charge on any atom is -0.369 e. The van der Waals surface area contributed by atoms with E-state index in [4.69, 9.17) is 0 Å². The van der Waals surface area contributed by atoms with Gasteiger partial charge in [0.2, 0.25) is 5.91 Å². The Hall–Kier alpha value is -1.07. The van der Waals surface area contributed by atoms with E-state index in [0.29, 0.717) is 0 Å². The molecule has 80 valence electrons. The van der Waals surface area contributed by atoms with Crippen molar-refractivity contribution in [3.05, 3.63) is 10.8 Å². The quantitative estimate of drug-likeness (QED) is 0.620. The fraction of sp³-hybridized carbons (Fsp3) is 0.500. The molecule has 1 aromatic heterocycles. The maximum Gasteiger partial charge on any atom is 0.250 e. The van der Waals surface area contributed by atoms with Gasteiger partial charge in [0.05, 0.1) is 11.4 Å². The molecule has 1 fully saturated rings. The van der Waals surface area contributed by atoms with Crippen molar-refractivity contribution in [2.75, 3.05) is 23.7 Å². The van der Waals surface area contributed by atoms with E-state index in [1.54, 1.807) is 11.3 Å². The molecule has 0 unspecified atom stereocenters. The molecular weight excluding hydrogens is 210 g/mol. The van der Waals surface area contributed by atoms with E-state index < -0.39 is 0 Å². The number of hydrogen-bond acceptors (Lipinski definition) is 4. The van der Waals surface area contributed by atoms with Crippen molar-refractivity contribution in [3.63, 3.8) is 0 Å². The third-order valence-corrected chi connectivity index (χ3v) is 3.92. The third kappa shape index (κ3) is 1.34. The number of amides is 1. The van der Waals surface area contributed by atoms with Gasteiger partial charge >= 0.3 is 0 Å². The molecular formula is C10H13N3OS. The first kappa shape index (κ1) is 9.18. The Morgan fingerprint density at radius 2 is 1.93 bits per heavy atom. The number of fused-ring (bicyclic) bond motifs is 1. The third-order valence-electron chi connectivity index (χ3n) is 3.18. The van der Waals surface area contributed by atoms with Crippen LogP contribution >= 0.6 is 11.3 Å². The van der Waals surface area contributed by atoms with Crippen LogP contribution in [0.2, 0.25) is 0 Å². The zero-order valence-corrected chi connectivity index (χ0v) is 9.12. The minimum atomic E-state index is -0.376. The molecule has 1 amide bonds. The summed E-state index contributed by atoms with van der Waals surface area (Å²) in [5.41, 5.74) is 1.62. The molecule has 0 bridgehead atoms. The molecule has 15 heavy (non-hydrogen) atoms. The van der Waals surface area contributed by atoms with Crippen LogP contribution < -0.4 is 16.0 Å². The van der Waals surface area contributed by atoms with Crippen molar-refractivity contribution >= 4 is 28.6 Å². The standard InChI is InChI=1S/C10H13N3OS/c14-9-10(1-3-11-4-2-10)13-8-6-15-5-7(8)12-9/h5-6,11,13H,1-4H2,(H,12,14). The smallest absolute Gasteiger partial charge is 0.250 e. The van der Waals surface area contributed by atoms with E-state index >= 15 is 0 Å². The van der Waals surface area contributed by atoms with Crippen molar-refractivity contribution in [1.82, 2.24) is 5.32 Å². The summed E-state index contributed by atoms with van der Waals surface area (Å²) in [6, 6.07) is 0. The molecule has 1 spiro atoms. The molecule has 0 radical (unpaired) electrons. The summed E-state index contributed by atoms with van der Waals surface area (Å²) in [4.78, 5) is 12.0. The van der Waals surface area contributed by atoms with Crippen LogP contribution in [0.4, 0.5) is 11.4 Å². The highest BCUT2D eigenvalue weighted by atomic mass is 32.1. The van der Waals surface area contributed by atoms with Crippen LogP contribution in [-0.2, 0) is 4.79 Å². The zero-order chi connectivity index (χ0) is 10.3. The molecule has 4 nitrogen and oxygen atoms in total. The number of carbonyl (C=O) groups is 1. The van der Waals surface area contributed by atoms with Gasteiger partial charge in [-0.25, -0.2) is 0 Å². The van der Waals surface area contributed by atoms with E-state index in [2.05, 4.69) is 21.3 Å². The molecule has 2 aliphatic rings. The van der Waals surface area contributed by atoms with Crippen LogP contribution in [0.1, 0.15) is 12.8 Å². The fourth-order valence-corrected chi connectivity index (χ4v) is 2.96. The molecule has 5 heteroatoms. The zero-order valence-electron chi connectivity index (χ0n) is 8.30. The largest absolute Gasteiger partial charge is 0.369 e. The number of carbonyl (C=O) groups excluding carboxylic acids is 1. The summed E-state index contributed by atoms with van der Waals surface area (Å²) in [5.74, 6) is 0.120. The van der Waals surface area contributed by atoms with Crippen molar-refractivity contribution in [1.29, 1.82) is 0 Å². The average molecular weight is 223 g/mol. The van der Waals surface area contributed by atoms with Crippen LogP contribution in [0.3, 0.4) is 0 Å². The lowest BCUT2D eigenvalue weighted by molar-refractivity contribution is -0.121. The van der Waals surface area contributed by atoms with Crippen molar-refractivity contribution in [2.24, 2.45) is 0 Å². The number of rotatable bonds is 0.